The van der Waals surface area contributed by atoms with E-state index in [0.717, 1.165) is 18.4 Å². The van der Waals surface area contributed by atoms with Gasteiger partial charge in [-0.1, -0.05) is 23.7 Å². The molecule has 5 heteroatoms. The van der Waals surface area contributed by atoms with Crippen LogP contribution in [-0.4, -0.2) is 30.4 Å². The molecule has 1 unspecified atom stereocenters. The molecule has 1 aliphatic heterocycles. The van der Waals surface area contributed by atoms with Crippen molar-refractivity contribution in [1.82, 2.24) is 5.32 Å². The third-order valence-corrected chi connectivity index (χ3v) is 4.52. The topological polar surface area (TPSA) is 55.4 Å². The summed E-state index contributed by atoms with van der Waals surface area (Å²) in [5.41, 5.74) is 0.763. The summed E-state index contributed by atoms with van der Waals surface area (Å²) in [6.45, 7) is 1.17. The molecule has 1 aliphatic carbocycles. The van der Waals surface area contributed by atoms with Crippen LogP contribution in [0.1, 0.15) is 24.8 Å². The number of rotatable bonds is 4. The summed E-state index contributed by atoms with van der Waals surface area (Å²) in [5, 5.41) is 3.83. The maximum Gasteiger partial charge on any atom is 0.224 e. The van der Waals surface area contributed by atoms with Gasteiger partial charge in [-0.2, -0.15) is 0 Å². The Labute approximate surface area is 128 Å². The number of nitrogens with one attached hydrogen (secondary N) is 1. The molecule has 0 aromatic heterocycles. The van der Waals surface area contributed by atoms with Gasteiger partial charge in [0.2, 0.25) is 5.91 Å². The van der Waals surface area contributed by atoms with Gasteiger partial charge in [0, 0.05) is 24.5 Å². The number of benzene rings is 1. The number of hydrogen-bond acceptors (Lipinski definition) is 3. The third-order valence-electron chi connectivity index (χ3n) is 4.27. The molecule has 1 aromatic carbocycles. The molecule has 3 rings (SSSR count). The van der Waals surface area contributed by atoms with Crippen molar-refractivity contribution in [2.24, 2.45) is 5.92 Å². The van der Waals surface area contributed by atoms with Gasteiger partial charge in [0.1, 0.15) is 5.78 Å². The Bertz CT molecular complexity index is 541. The van der Waals surface area contributed by atoms with Crippen molar-refractivity contribution in [3.05, 3.63) is 34.9 Å². The van der Waals surface area contributed by atoms with E-state index in [9.17, 15) is 9.59 Å². The maximum absolute atomic E-state index is 12.2. The average Bonchev–Trinajstić information content (AvgIpc) is 2.86. The lowest BCUT2D eigenvalue weighted by atomic mass is 9.81. The highest BCUT2D eigenvalue weighted by Gasteiger charge is 2.40. The maximum atomic E-state index is 12.2. The van der Waals surface area contributed by atoms with Gasteiger partial charge in [-0.25, -0.2) is 0 Å². The van der Waals surface area contributed by atoms with Crippen LogP contribution in [0, 0.1) is 5.92 Å². The molecular formula is C16H18ClNO3. The third kappa shape index (κ3) is 3.27. The molecule has 1 saturated heterocycles. The van der Waals surface area contributed by atoms with E-state index < -0.39 is 0 Å². The number of ether oxygens (including phenoxy) is 1. The number of carbonyl (C=O) groups is 2. The largest absolute Gasteiger partial charge is 0.379 e. The van der Waals surface area contributed by atoms with Crippen LogP contribution >= 0.6 is 11.6 Å². The Morgan fingerprint density at radius 2 is 2.05 bits per heavy atom. The summed E-state index contributed by atoms with van der Waals surface area (Å²) in [7, 11) is 0. The van der Waals surface area contributed by atoms with Crippen LogP contribution in [0.15, 0.2) is 24.3 Å². The SMILES string of the molecule is O=C1CC(C(=O)NC2(Cc3ccc(Cl)cc3)CCOC2)C1. The van der Waals surface area contributed by atoms with E-state index in [4.69, 9.17) is 16.3 Å². The van der Waals surface area contributed by atoms with Gasteiger partial charge in [0.25, 0.3) is 0 Å². The van der Waals surface area contributed by atoms with E-state index in [-0.39, 0.29) is 23.1 Å². The first-order valence-electron chi connectivity index (χ1n) is 7.22. The minimum absolute atomic E-state index is 0.0194. The molecule has 2 fully saturated rings. The highest BCUT2D eigenvalue weighted by Crippen LogP contribution is 2.28. The van der Waals surface area contributed by atoms with Crippen molar-refractivity contribution in [3.63, 3.8) is 0 Å². The first-order valence-corrected chi connectivity index (χ1v) is 7.60. The summed E-state index contributed by atoms with van der Waals surface area (Å²) >= 11 is 5.90. The quantitative estimate of drug-likeness (QED) is 0.927. The van der Waals surface area contributed by atoms with Crippen molar-refractivity contribution in [2.75, 3.05) is 13.2 Å². The van der Waals surface area contributed by atoms with Crippen LogP contribution in [0.25, 0.3) is 0 Å². The highest BCUT2D eigenvalue weighted by atomic mass is 35.5. The molecule has 1 amide bonds. The molecule has 2 aliphatic rings. The number of halogens is 1. The average molecular weight is 308 g/mol. The predicted octanol–water partition coefficient (Wildman–Crippen LogP) is 2.14. The lowest BCUT2D eigenvalue weighted by Crippen LogP contribution is -2.54. The van der Waals surface area contributed by atoms with Crippen molar-refractivity contribution in [1.29, 1.82) is 0 Å². The summed E-state index contributed by atoms with van der Waals surface area (Å²) in [4.78, 5) is 23.3. The minimum Gasteiger partial charge on any atom is -0.379 e. The van der Waals surface area contributed by atoms with Crippen LogP contribution in [0.3, 0.4) is 0 Å². The van der Waals surface area contributed by atoms with Gasteiger partial charge >= 0.3 is 0 Å². The second-order valence-electron chi connectivity index (χ2n) is 6.02. The molecule has 21 heavy (non-hydrogen) atoms. The number of hydrogen-bond donors (Lipinski definition) is 1. The molecule has 4 nitrogen and oxygen atoms in total. The zero-order valence-electron chi connectivity index (χ0n) is 11.7. The fourth-order valence-electron chi connectivity index (χ4n) is 2.92. The number of Topliss-reactive ketones (excluding diaryl/α,β-unsaturated/α-hetero) is 1. The van der Waals surface area contributed by atoms with Gasteiger partial charge < -0.3 is 10.1 Å². The van der Waals surface area contributed by atoms with Crippen LogP contribution < -0.4 is 5.32 Å². The van der Waals surface area contributed by atoms with Gasteiger partial charge in [-0.3, -0.25) is 9.59 Å². The lowest BCUT2D eigenvalue weighted by molar-refractivity contribution is -0.139. The lowest BCUT2D eigenvalue weighted by Gasteiger charge is -2.33. The van der Waals surface area contributed by atoms with Crippen LogP contribution in [-0.2, 0) is 20.7 Å². The fourth-order valence-corrected chi connectivity index (χ4v) is 3.05. The second kappa shape index (κ2) is 5.78. The van der Waals surface area contributed by atoms with Crippen molar-refractivity contribution in [2.45, 2.75) is 31.2 Å². The van der Waals surface area contributed by atoms with E-state index in [0.29, 0.717) is 31.1 Å². The Hall–Kier alpha value is -1.39. The highest BCUT2D eigenvalue weighted by molar-refractivity contribution is 6.30. The predicted molar refractivity (Wildman–Crippen MR) is 79.2 cm³/mol. The van der Waals surface area contributed by atoms with Crippen LogP contribution in [0.2, 0.25) is 5.02 Å². The molecule has 1 saturated carbocycles. The molecule has 1 N–H and O–H groups in total. The Morgan fingerprint density at radius 1 is 1.33 bits per heavy atom. The number of amides is 1. The zero-order valence-corrected chi connectivity index (χ0v) is 12.5. The van der Waals surface area contributed by atoms with Crippen molar-refractivity contribution < 1.29 is 14.3 Å². The fraction of sp³-hybridized carbons (Fsp3) is 0.500. The monoisotopic (exact) mass is 307 g/mol. The summed E-state index contributed by atoms with van der Waals surface area (Å²) in [6.07, 6.45) is 2.27. The number of ketones is 1. The van der Waals surface area contributed by atoms with Gasteiger partial charge in [0.05, 0.1) is 18.1 Å². The van der Waals surface area contributed by atoms with Crippen molar-refractivity contribution >= 4 is 23.3 Å². The summed E-state index contributed by atoms with van der Waals surface area (Å²) in [6, 6.07) is 7.66. The molecular weight excluding hydrogens is 290 g/mol. The minimum atomic E-state index is -0.358. The second-order valence-corrected chi connectivity index (χ2v) is 6.46. The molecule has 112 valence electrons. The molecule has 1 atom stereocenters. The van der Waals surface area contributed by atoms with E-state index in [1.54, 1.807) is 0 Å². The molecule has 1 aromatic rings. The van der Waals surface area contributed by atoms with Crippen LogP contribution in [0.5, 0.6) is 0 Å². The van der Waals surface area contributed by atoms with E-state index in [2.05, 4.69) is 5.32 Å². The van der Waals surface area contributed by atoms with Gasteiger partial charge in [0.15, 0.2) is 0 Å². The normalized spacial score (nSPS) is 25.7. The van der Waals surface area contributed by atoms with Gasteiger partial charge in [-0.15, -0.1) is 0 Å². The van der Waals surface area contributed by atoms with Crippen LogP contribution in [0.4, 0.5) is 0 Å². The first-order chi connectivity index (χ1) is 10.1. The molecule has 1 heterocycles. The molecule has 0 radical (unpaired) electrons. The molecule has 0 bridgehead atoms. The Kier molecular flexibility index (Phi) is 4.00. The standard InChI is InChI=1S/C16H18ClNO3/c17-13-3-1-11(2-4-13)9-16(5-6-21-10-16)18-15(20)12-7-14(19)8-12/h1-4,12H,5-10H2,(H,18,20). The van der Waals surface area contributed by atoms with E-state index in [1.165, 1.54) is 0 Å². The van der Waals surface area contributed by atoms with Crippen molar-refractivity contribution in [3.8, 4) is 0 Å². The first kappa shape index (κ1) is 14.5. The Balaban J connectivity index is 1.68. The zero-order chi connectivity index (χ0) is 14.9. The molecule has 0 spiro atoms. The smallest absolute Gasteiger partial charge is 0.224 e. The van der Waals surface area contributed by atoms with E-state index in [1.807, 2.05) is 24.3 Å². The summed E-state index contributed by atoms with van der Waals surface area (Å²) in [5.74, 6) is -0.00108. The number of carbonyl (C=O) groups excluding carboxylic acids is 2. The van der Waals surface area contributed by atoms with Gasteiger partial charge in [-0.05, 0) is 30.5 Å². The van der Waals surface area contributed by atoms with E-state index >= 15 is 0 Å². The Morgan fingerprint density at radius 3 is 2.62 bits per heavy atom. The summed E-state index contributed by atoms with van der Waals surface area (Å²) < 4.78 is 5.50.